The molecule has 0 aliphatic carbocycles. The Kier molecular flexibility index (Phi) is 2.59. The summed E-state index contributed by atoms with van der Waals surface area (Å²) in [5, 5.41) is 4.33. The molecule has 0 N–H and O–H groups in total. The maximum atomic E-state index is 5.67. The molecule has 2 aromatic rings. The Labute approximate surface area is 105 Å². The number of fused-ring (bicyclic) bond motifs is 1. The Balaban J connectivity index is 1.70. The van der Waals surface area contributed by atoms with Gasteiger partial charge in [0.15, 0.2) is 11.5 Å². The van der Waals surface area contributed by atoms with Gasteiger partial charge in [-0.15, -0.1) is 0 Å². The highest BCUT2D eigenvalue weighted by Crippen LogP contribution is 2.35. The van der Waals surface area contributed by atoms with Gasteiger partial charge in [-0.05, 0) is 25.1 Å². The molecule has 3 rings (SSSR count). The van der Waals surface area contributed by atoms with E-state index in [1.807, 2.05) is 42.9 Å². The standard InChI is InChI=1S/C13H14N2O3/c1-9-5-10(14-15(9)2)7-16-11-3-4-12-13(6-11)18-8-17-12/h3-6H,7-8H2,1-2H3. The second-order valence-electron chi connectivity index (χ2n) is 4.20. The fourth-order valence-corrected chi connectivity index (χ4v) is 1.83. The Bertz CT molecular complexity index is 558. The first-order valence-corrected chi connectivity index (χ1v) is 5.74. The van der Waals surface area contributed by atoms with Gasteiger partial charge in [-0.25, -0.2) is 0 Å². The first-order chi connectivity index (χ1) is 8.72. The van der Waals surface area contributed by atoms with Crippen LogP contribution in [0.2, 0.25) is 0 Å². The van der Waals surface area contributed by atoms with E-state index in [9.17, 15) is 0 Å². The van der Waals surface area contributed by atoms with E-state index in [4.69, 9.17) is 14.2 Å². The van der Waals surface area contributed by atoms with E-state index >= 15 is 0 Å². The van der Waals surface area contributed by atoms with Crippen molar-refractivity contribution in [1.29, 1.82) is 0 Å². The highest BCUT2D eigenvalue weighted by molar-refractivity contribution is 5.46. The van der Waals surface area contributed by atoms with Crippen LogP contribution in [0.3, 0.4) is 0 Å². The third-order valence-corrected chi connectivity index (χ3v) is 2.90. The van der Waals surface area contributed by atoms with Crippen molar-refractivity contribution in [1.82, 2.24) is 9.78 Å². The van der Waals surface area contributed by atoms with Crippen molar-refractivity contribution in [3.63, 3.8) is 0 Å². The molecule has 1 aliphatic heterocycles. The van der Waals surface area contributed by atoms with Crippen LogP contribution in [0.4, 0.5) is 0 Å². The van der Waals surface area contributed by atoms with Crippen LogP contribution >= 0.6 is 0 Å². The fourth-order valence-electron chi connectivity index (χ4n) is 1.83. The van der Waals surface area contributed by atoms with Gasteiger partial charge in [-0.2, -0.15) is 5.10 Å². The number of aromatic nitrogens is 2. The Morgan fingerprint density at radius 3 is 2.89 bits per heavy atom. The molecule has 5 heteroatoms. The Morgan fingerprint density at radius 2 is 2.11 bits per heavy atom. The van der Waals surface area contributed by atoms with Gasteiger partial charge in [0.25, 0.3) is 0 Å². The van der Waals surface area contributed by atoms with E-state index in [2.05, 4.69) is 5.10 Å². The van der Waals surface area contributed by atoms with Crippen molar-refractivity contribution >= 4 is 0 Å². The zero-order valence-corrected chi connectivity index (χ0v) is 10.3. The minimum Gasteiger partial charge on any atom is -0.487 e. The normalized spacial score (nSPS) is 12.8. The molecule has 18 heavy (non-hydrogen) atoms. The molecule has 0 bridgehead atoms. The first-order valence-electron chi connectivity index (χ1n) is 5.74. The second kappa shape index (κ2) is 4.25. The summed E-state index contributed by atoms with van der Waals surface area (Å²) in [4.78, 5) is 0. The minimum atomic E-state index is 0.276. The van der Waals surface area contributed by atoms with Crippen molar-refractivity contribution in [2.75, 3.05) is 6.79 Å². The summed E-state index contributed by atoms with van der Waals surface area (Å²) >= 11 is 0. The molecule has 0 unspecified atom stereocenters. The van der Waals surface area contributed by atoms with E-state index in [-0.39, 0.29) is 6.79 Å². The molecule has 0 fully saturated rings. The highest BCUT2D eigenvalue weighted by atomic mass is 16.7. The molecule has 2 heterocycles. The molecule has 0 spiro atoms. The van der Waals surface area contributed by atoms with Gasteiger partial charge in [0.2, 0.25) is 6.79 Å². The lowest BCUT2D eigenvalue weighted by molar-refractivity contribution is 0.173. The molecule has 0 atom stereocenters. The van der Waals surface area contributed by atoms with Crippen molar-refractivity contribution in [3.8, 4) is 17.2 Å². The topological polar surface area (TPSA) is 45.5 Å². The largest absolute Gasteiger partial charge is 0.487 e. The molecule has 1 aromatic heterocycles. The van der Waals surface area contributed by atoms with Crippen molar-refractivity contribution in [2.45, 2.75) is 13.5 Å². The third kappa shape index (κ3) is 1.99. The number of nitrogens with zero attached hydrogens (tertiary/aromatic N) is 2. The molecular weight excluding hydrogens is 232 g/mol. The smallest absolute Gasteiger partial charge is 0.231 e. The SMILES string of the molecule is Cc1cc(COc2ccc3c(c2)OCO3)nn1C. The summed E-state index contributed by atoms with van der Waals surface area (Å²) in [5.41, 5.74) is 2.02. The zero-order valence-electron chi connectivity index (χ0n) is 10.3. The van der Waals surface area contributed by atoms with Crippen LogP contribution in [0.5, 0.6) is 17.2 Å². The molecule has 1 aromatic carbocycles. The van der Waals surface area contributed by atoms with E-state index in [0.29, 0.717) is 6.61 Å². The summed E-state index contributed by atoms with van der Waals surface area (Å²) in [5.74, 6) is 2.24. The lowest BCUT2D eigenvalue weighted by Gasteiger charge is -2.04. The van der Waals surface area contributed by atoms with Crippen LogP contribution in [0.25, 0.3) is 0 Å². The van der Waals surface area contributed by atoms with Crippen molar-refractivity contribution in [3.05, 3.63) is 35.7 Å². The van der Waals surface area contributed by atoms with Crippen LogP contribution in [0, 0.1) is 6.92 Å². The molecule has 0 saturated carbocycles. The summed E-state index contributed by atoms with van der Waals surface area (Å²) < 4.78 is 18.0. The molecule has 0 amide bonds. The predicted octanol–water partition coefficient (Wildman–Crippen LogP) is 2.04. The summed E-state index contributed by atoms with van der Waals surface area (Å²) in [6, 6.07) is 7.55. The van der Waals surface area contributed by atoms with Crippen LogP contribution in [-0.4, -0.2) is 16.6 Å². The van der Waals surface area contributed by atoms with Crippen LogP contribution < -0.4 is 14.2 Å². The van der Waals surface area contributed by atoms with Gasteiger partial charge in [0.1, 0.15) is 18.1 Å². The van der Waals surface area contributed by atoms with Crippen molar-refractivity contribution < 1.29 is 14.2 Å². The fraction of sp³-hybridized carbons (Fsp3) is 0.308. The van der Waals surface area contributed by atoms with Gasteiger partial charge >= 0.3 is 0 Å². The summed E-state index contributed by atoms with van der Waals surface area (Å²) in [7, 11) is 1.92. The van der Waals surface area contributed by atoms with Crippen LogP contribution in [0.15, 0.2) is 24.3 Å². The van der Waals surface area contributed by atoms with E-state index in [0.717, 1.165) is 28.6 Å². The molecule has 1 aliphatic rings. The number of benzene rings is 1. The van der Waals surface area contributed by atoms with Crippen LogP contribution in [0.1, 0.15) is 11.4 Å². The lowest BCUT2D eigenvalue weighted by atomic mass is 10.3. The molecule has 0 radical (unpaired) electrons. The lowest BCUT2D eigenvalue weighted by Crippen LogP contribution is -1.98. The third-order valence-electron chi connectivity index (χ3n) is 2.90. The van der Waals surface area contributed by atoms with Crippen molar-refractivity contribution in [2.24, 2.45) is 7.05 Å². The van der Waals surface area contributed by atoms with Gasteiger partial charge in [-0.1, -0.05) is 0 Å². The van der Waals surface area contributed by atoms with Gasteiger partial charge < -0.3 is 14.2 Å². The maximum Gasteiger partial charge on any atom is 0.231 e. The van der Waals surface area contributed by atoms with E-state index in [1.165, 1.54) is 0 Å². The predicted molar refractivity (Wildman–Crippen MR) is 64.8 cm³/mol. The maximum absolute atomic E-state index is 5.67. The quantitative estimate of drug-likeness (QED) is 0.831. The Hall–Kier alpha value is -2.17. The second-order valence-corrected chi connectivity index (χ2v) is 4.20. The summed E-state index contributed by atoms with van der Waals surface area (Å²) in [6.07, 6.45) is 0. The van der Waals surface area contributed by atoms with Crippen LogP contribution in [-0.2, 0) is 13.7 Å². The Morgan fingerprint density at radius 1 is 1.28 bits per heavy atom. The number of ether oxygens (including phenoxy) is 3. The average Bonchev–Trinajstić information content (AvgIpc) is 2.94. The zero-order chi connectivity index (χ0) is 12.5. The van der Waals surface area contributed by atoms with Gasteiger partial charge in [0, 0.05) is 18.8 Å². The first kappa shape index (κ1) is 11.0. The molecule has 0 saturated heterocycles. The average molecular weight is 246 g/mol. The molecule has 5 nitrogen and oxygen atoms in total. The molecular formula is C13H14N2O3. The highest BCUT2D eigenvalue weighted by Gasteiger charge is 2.13. The van der Waals surface area contributed by atoms with Gasteiger partial charge in [-0.3, -0.25) is 4.68 Å². The number of hydrogen-bond acceptors (Lipinski definition) is 4. The van der Waals surface area contributed by atoms with E-state index < -0.39 is 0 Å². The molecule has 94 valence electrons. The number of hydrogen-bond donors (Lipinski definition) is 0. The van der Waals surface area contributed by atoms with Gasteiger partial charge in [0.05, 0.1) is 0 Å². The monoisotopic (exact) mass is 246 g/mol. The number of rotatable bonds is 3. The number of aryl methyl sites for hydroxylation is 2. The minimum absolute atomic E-state index is 0.276. The van der Waals surface area contributed by atoms with E-state index in [1.54, 1.807) is 0 Å². The summed E-state index contributed by atoms with van der Waals surface area (Å²) in [6.45, 7) is 2.73.